The van der Waals surface area contributed by atoms with E-state index in [1.807, 2.05) is 45.0 Å². The summed E-state index contributed by atoms with van der Waals surface area (Å²) in [5.41, 5.74) is 1.80. The van der Waals surface area contributed by atoms with Gasteiger partial charge in [0.1, 0.15) is 16.8 Å². The van der Waals surface area contributed by atoms with Gasteiger partial charge in [0, 0.05) is 76.7 Å². The fourth-order valence-electron chi connectivity index (χ4n) is 8.48. The van der Waals surface area contributed by atoms with Crippen molar-refractivity contribution in [3.05, 3.63) is 53.1 Å². The lowest BCUT2D eigenvalue weighted by Crippen LogP contribution is -2.65. The number of fused-ring (bicyclic) bond motifs is 3. The molecule has 1 spiro atoms. The minimum absolute atomic E-state index is 0.0787. The molecule has 70 heavy (non-hydrogen) atoms. The maximum Gasteiger partial charge on any atom is 0.410 e. The Hall–Kier alpha value is -4.06. The summed E-state index contributed by atoms with van der Waals surface area (Å²) < 4.78 is 52.7. The van der Waals surface area contributed by atoms with Crippen LogP contribution in [0.5, 0.6) is 0 Å². The number of aliphatic carboxylic acids is 1. The number of imidazole rings is 1. The zero-order valence-electron chi connectivity index (χ0n) is 41.3. The van der Waals surface area contributed by atoms with Gasteiger partial charge in [0.15, 0.2) is 0 Å². The van der Waals surface area contributed by atoms with Gasteiger partial charge in [-0.2, -0.15) is 0 Å². The van der Waals surface area contributed by atoms with Crippen LogP contribution in [0.1, 0.15) is 51.4 Å². The van der Waals surface area contributed by atoms with Gasteiger partial charge in [-0.05, 0) is 63.4 Å². The zero-order chi connectivity index (χ0) is 49.6. The first kappa shape index (κ1) is 55.3. The van der Waals surface area contributed by atoms with Crippen LogP contribution in [-0.2, 0) is 70.7 Å². The van der Waals surface area contributed by atoms with Crippen molar-refractivity contribution in [3.63, 3.8) is 0 Å². The number of unbranched alkanes of at least 4 members (excludes halogenated alkanes) is 1. The number of halogens is 1. The van der Waals surface area contributed by atoms with Crippen LogP contribution in [-0.4, -0.2) is 216 Å². The molecule has 0 bridgehead atoms. The molecule has 5 heterocycles. The number of hydrogen-bond donors (Lipinski definition) is 1. The minimum atomic E-state index is -0.849. The Morgan fingerprint density at radius 2 is 1.23 bits per heavy atom. The molecule has 6 rings (SSSR count). The number of hydrogen-bond acceptors (Lipinski definition) is 16. The molecule has 3 aromatic rings. The van der Waals surface area contributed by atoms with E-state index < -0.39 is 23.1 Å². The molecule has 2 saturated heterocycles. The molecule has 390 valence electrons. The van der Waals surface area contributed by atoms with Gasteiger partial charge in [-0.1, -0.05) is 11.6 Å². The third-order valence-corrected chi connectivity index (χ3v) is 12.3. The zero-order valence-corrected chi connectivity index (χ0v) is 42.1. The maximum absolute atomic E-state index is 14.2. The maximum atomic E-state index is 14.2. The second-order valence-corrected chi connectivity index (χ2v) is 18.9. The van der Waals surface area contributed by atoms with E-state index in [1.165, 1.54) is 0 Å². The van der Waals surface area contributed by atoms with Crippen molar-refractivity contribution in [2.45, 2.75) is 64.1 Å². The van der Waals surface area contributed by atoms with Gasteiger partial charge in [-0.3, -0.25) is 19.5 Å². The normalized spacial score (nSPS) is 16.1. The van der Waals surface area contributed by atoms with Gasteiger partial charge in [0.25, 0.3) is 0 Å². The summed E-state index contributed by atoms with van der Waals surface area (Å²) in [6.07, 6.45) is 4.82. The molecule has 3 aliphatic heterocycles. The van der Waals surface area contributed by atoms with E-state index in [2.05, 4.69) is 19.4 Å². The first-order chi connectivity index (χ1) is 33.9. The average Bonchev–Trinajstić information content (AvgIpc) is 3.78. The van der Waals surface area contributed by atoms with Crippen molar-refractivity contribution in [2.75, 3.05) is 163 Å². The topological polar surface area (TPSA) is 198 Å². The minimum Gasteiger partial charge on any atom is -0.481 e. The number of likely N-dealkylation sites (tertiary alicyclic amines) is 1. The van der Waals surface area contributed by atoms with Crippen LogP contribution in [0.15, 0.2) is 36.7 Å². The Balaban J connectivity index is 0.724. The van der Waals surface area contributed by atoms with Crippen molar-refractivity contribution in [1.29, 1.82) is 0 Å². The molecule has 0 radical (unpaired) electrons. The Morgan fingerprint density at radius 3 is 1.77 bits per heavy atom. The predicted molar refractivity (Wildman–Crippen MR) is 261 cm³/mol. The molecule has 20 nitrogen and oxygen atoms in total. The number of carboxylic acids is 1. The van der Waals surface area contributed by atoms with Crippen molar-refractivity contribution in [2.24, 2.45) is 0 Å². The lowest BCUT2D eigenvalue weighted by Gasteiger charge is -2.46. The summed E-state index contributed by atoms with van der Waals surface area (Å²) in [4.78, 5) is 54.9. The Kier molecular flexibility index (Phi) is 22.8. The van der Waals surface area contributed by atoms with Crippen LogP contribution in [0.3, 0.4) is 0 Å². The summed E-state index contributed by atoms with van der Waals surface area (Å²) in [6.45, 7) is 20.1. The van der Waals surface area contributed by atoms with Crippen LogP contribution < -0.4 is 4.90 Å². The van der Waals surface area contributed by atoms with Gasteiger partial charge < -0.3 is 67.0 Å². The third-order valence-electron chi connectivity index (χ3n) is 12.1. The van der Waals surface area contributed by atoms with Crippen LogP contribution in [0.4, 0.5) is 10.5 Å². The number of aryl methyl sites for hydroxylation is 1. The van der Waals surface area contributed by atoms with Crippen LogP contribution in [0.25, 0.3) is 11.0 Å². The molecule has 2 aromatic heterocycles. The number of carboxylic acid groups (broad SMARTS) is 1. The number of benzene rings is 1. The number of rotatable bonds is 34. The lowest BCUT2D eigenvalue weighted by atomic mass is 9.75. The van der Waals surface area contributed by atoms with Gasteiger partial charge >= 0.3 is 12.1 Å². The number of piperazine rings is 1. The molecule has 0 atom stereocenters. The van der Waals surface area contributed by atoms with Gasteiger partial charge in [-0.15, -0.1) is 0 Å². The highest BCUT2D eigenvalue weighted by Crippen LogP contribution is 2.48. The average molecular weight is 1000 g/mol. The van der Waals surface area contributed by atoms with E-state index in [9.17, 15) is 14.4 Å². The number of amides is 2. The molecular weight excluding hydrogens is 930 g/mol. The molecule has 3 aliphatic rings. The summed E-state index contributed by atoms with van der Waals surface area (Å²) in [6, 6.07) is 7.53. The van der Waals surface area contributed by atoms with E-state index in [0.29, 0.717) is 124 Å². The van der Waals surface area contributed by atoms with E-state index >= 15 is 0 Å². The highest BCUT2D eigenvalue weighted by molar-refractivity contribution is 6.31. The summed E-state index contributed by atoms with van der Waals surface area (Å²) in [7, 11) is 0. The van der Waals surface area contributed by atoms with Gasteiger partial charge in [0.05, 0.1) is 135 Å². The lowest BCUT2D eigenvalue weighted by molar-refractivity contribution is -0.137. The monoisotopic (exact) mass is 1000 g/mol. The predicted octanol–water partition coefficient (Wildman–Crippen LogP) is 4.13. The van der Waals surface area contributed by atoms with E-state index in [4.69, 9.17) is 64.3 Å². The fourth-order valence-corrected chi connectivity index (χ4v) is 8.64. The Morgan fingerprint density at radius 1 is 0.700 bits per heavy atom. The number of nitrogens with zero attached hydrogens (tertiary/aromatic N) is 7. The first-order valence-corrected chi connectivity index (χ1v) is 25.0. The van der Waals surface area contributed by atoms with E-state index in [1.54, 1.807) is 22.2 Å². The molecular formula is C49H74ClN7O13. The molecule has 21 heteroatoms. The fraction of sp³-hybridized carbons (Fsp3) is 0.694. The van der Waals surface area contributed by atoms with Crippen molar-refractivity contribution in [1.82, 2.24) is 29.2 Å². The number of carbonyl (C=O) groups is 3. The number of carbonyl (C=O) groups excluding carboxylic acids is 2. The summed E-state index contributed by atoms with van der Waals surface area (Å²) in [5, 5.41) is 9.42. The third kappa shape index (κ3) is 17.3. The molecule has 0 aliphatic carbocycles. The first-order valence-electron chi connectivity index (χ1n) is 24.6. The van der Waals surface area contributed by atoms with Crippen molar-refractivity contribution >= 4 is 46.3 Å². The van der Waals surface area contributed by atoms with Crippen LogP contribution in [0.2, 0.25) is 5.02 Å². The second kappa shape index (κ2) is 28.8. The largest absolute Gasteiger partial charge is 0.481 e. The van der Waals surface area contributed by atoms with Crippen molar-refractivity contribution < 1.29 is 62.1 Å². The van der Waals surface area contributed by atoms with E-state index in [-0.39, 0.29) is 32.0 Å². The second-order valence-electron chi connectivity index (χ2n) is 18.4. The van der Waals surface area contributed by atoms with Gasteiger partial charge in [0.2, 0.25) is 5.91 Å². The Labute approximate surface area is 416 Å². The highest BCUT2D eigenvalue weighted by atomic mass is 35.5. The molecule has 0 saturated carbocycles. The standard InChI is InChI=1S/C49H74ClN7O13/c1-48(2,3)70-47(61)55-37-49(38-55)40-8-10-51-35-43(40)57(46(49)60)36-44-52-41-34-39(50)6-7-42(41)56(44)11-4-5-18-62-20-22-64-24-26-66-28-30-68-32-33-69-31-29-67-27-25-65-23-21-63-19-17-54-15-13-53(14-16-54)12-9-45(58)59/h6-8,10,34-35H,4-5,9,11-33,36-38H2,1-3H3,(H,58,59). The molecule has 2 fully saturated rings. The number of aromatic nitrogens is 3. The quantitative estimate of drug-likeness (QED) is 0.0838. The number of anilines is 1. The smallest absolute Gasteiger partial charge is 0.410 e. The molecule has 0 unspecified atom stereocenters. The molecule has 1 N–H and O–H groups in total. The van der Waals surface area contributed by atoms with Crippen molar-refractivity contribution in [3.8, 4) is 0 Å². The van der Waals surface area contributed by atoms with Crippen LogP contribution in [0, 0.1) is 0 Å². The van der Waals surface area contributed by atoms with Gasteiger partial charge in [-0.25, -0.2) is 9.78 Å². The summed E-state index contributed by atoms with van der Waals surface area (Å²) in [5.74, 6) is -0.0881. The molecule has 1 aromatic carbocycles. The SMILES string of the molecule is CC(C)(C)OC(=O)N1CC2(C1)C(=O)N(Cc1nc3cc(Cl)ccc3n1CCCCOCCOCCOCCOCCOCCOCCOCCOCCN1CCN(CCC(=O)O)CC1)c1cnccc12. The van der Waals surface area contributed by atoms with E-state index in [0.717, 1.165) is 73.7 Å². The number of ether oxygens (including phenoxy) is 9. The number of pyridine rings is 1. The highest BCUT2D eigenvalue weighted by Gasteiger charge is 2.60. The van der Waals surface area contributed by atoms with Crippen LogP contribution >= 0.6 is 11.6 Å². The molecule has 2 amide bonds. The Bertz CT molecular complexity index is 2060. The summed E-state index contributed by atoms with van der Waals surface area (Å²) >= 11 is 6.36.